The van der Waals surface area contributed by atoms with Gasteiger partial charge in [-0.25, -0.2) is 4.79 Å². The number of hydrogen-bond acceptors (Lipinski definition) is 3. The number of ether oxygens (including phenoxy) is 1. The normalized spacial score (nSPS) is 16.4. The Labute approximate surface area is 120 Å². The third-order valence-corrected chi connectivity index (χ3v) is 3.54. The fourth-order valence-corrected chi connectivity index (χ4v) is 2.29. The van der Waals surface area contributed by atoms with Gasteiger partial charge in [0.25, 0.3) is 0 Å². The summed E-state index contributed by atoms with van der Waals surface area (Å²) >= 11 is 0. The van der Waals surface area contributed by atoms with Gasteiger partial charge in [-0.1, -0.05) is 25.7 Å². The number of urea groups is 1. The van der Waals surface area contributed by atoms with Crippen molar-refractivity contribution < 1.29 is 19.4 Å². The van der Waals surface area contributed by atoms with E-state index in [1.165, 1.54) is 30.6 Å². The first-order valence-corrected chi connectivity index (χ1v) is 7.42. The van der Waals surface area contributed by atoms with Gasteiger partial charge in [0.2, 0.25) is 0 Å². The van der Waals surface area contributed by atoms with E-state index in [2.05, 4.69) is 5.32 Å². The molecule has 0 aromatic heterocycles. The largest absolute Gasteiger partial charge is 0.481 e. The second kappa shape index (κ2) is 9.58. The maximum Gasteiger partial charge on any atom is 0.317 e. The van der Waals surface area contributed by atoms with E-state index in [4.69, 9.17) is 9.84 Å². The summed E-state index contributed by atoms with van der Waals surface area (Å²) in [6.45, 7) is 1.20. The zero-order chi connectivity index (χ0) is 14.8. The maximum atomic E-state index is 11.6. The van der Waals surface area contributed by atoms with Gasteiger partial charge in [-0.15, -0.1) is 0 Å². The third kappa shape index (κ3) is 7.33. The van der Waals surface area contributed by atoms with Gasteiger partial charge in [-0.3, -0.25) is 4.79 Å². The molecule has 0 saturated heterocycles. The van der Waals surface area contributed by atoms with E-state index in [0.717, 1.165) is 12.8 Å². The van der Waals surface area contributed by atoms with E-state index >= 15 is 0 Å². The molecule has 0 spiro atoms. The molecular formula is C14H26N2O4. The summed E-state index contributed by atoms with van der Waals surface area (Å²) in [5.41, 5.74) is 0. The summed E-state index contributed by atoms with van der Waals surface area (Å²) in [6.07, 6.45) is 7.58. The minimum atomic E-state index is -0.902. The lowest BCUT2D eigenvalue weighted by atomic mass is 10.1. The number of aliphatic carboxylic acids is 1. The average molecular weight is 286 g/mol. The van der Waals surface area contributed by atoms with Gasteiger partial charge in [0.15, 0.2) is 0 Å². The van der Waals surface area contributed by atoms with Crippen LogP contribution in [0.1, 0.15) is 44.9 Å². The van der Waals surface area contributed by atoms with Crippen molar-refractivity contribution in [2.45, 2.75) is 51.0 Å². The number of carboxylic acids is 1. The van der Waals surface area contributed by atoms with Crippen LogP contribution in [0.25, 0.3) is 0 Å². The van der Waals surface area contributed by atoms with Crippen molar-refractivity contribution in [1.82, 2.24) is 10.2 Å². The molecule has 0 bridgehead atoms. The van der Waals surface area contributed by atoms with E-state index in [0.29, 0.717) is 19.3 Å². The average Bonchev–Trinajstić information content (AvgIpc) is 2.69. The summed E-state index contributed by atoms with van der Waals surface area (Å²) in [6, 6.07) is -0.254. The monoisotopic (exact) mass is 286 g/mol. The van der Waals surface area contributed by atoms with Crippen LogP contribution in [0.5, 0.6) is 0 Å². The Morgan fingerprint density at radius 3 is 2.50 bits per heavy atom. The van der Waals surface area contributed by atoms with Crippen LogP contribution in [0, 0.1) is 0 Å². The molecule has 1 rings (SSSR count). The van der Waals surface area contributed by atoms with E-state index in [1.807, 2.05) is 0 Å². The number of hydrogen-bond donors (Lipinski definition) is 2. The molecule has 0 heterocycles. The lowest BCUT2D eigenvalue weighted by molar-refractivity contribution is -0.137. The van der Waals surface area contributed by atoms with Crippen molar-refractivity contribution >= 4 is 12.0 Å². The van der Waals surface area contributed by atoms with Crippen LogP contribution in [0.2, 0.25) is 0 Å². The van der Waals surface area contributed by atoms with E-state index in [9.17, 15) is 9.59 Å². The first-order valence-electron chi connectivity index (χ1n) is 7.42. The van der Waals surface area contributed by atoms with Crippen molar-refractivity contribution in [1.29, 1.82) is 0 Å². The first kappa shape index (κ1) is 16.8. The molecule has 0 aromatic carbocycles. The van der Waals surface area contributed by atoms with Gasteiger partial charge in [0, 0.05) is 20.1 Å². The van der Waals surface area contributed by atoms with Gasteiger partial charge in [-0.05, 0) is 12.8 Å². The lowest BCUT2D eigenvalue weighted by Crippen LogP contribution is -2.40. The Balaban J connectivity index is 2.07. The number of carboxylic acid groups (broad SMARTS) is 1. The Morgan fingerprint density at radius 1 is 1.25 bits per heavy atom. The molecule has 0 unspecified atom stereocenters. The molecule has 1 fully saturated rings. The van der Waals surface area contributed by atoms with Crippen LogP contribution in [0.4, 0.5) is 4.79 Å². The van der Waals surface area contributed by atoms with Crippen molar-refractivity contribution in [2.75, 3.05) is 26.7 Å². The summed E-state index contributed by atoms with van der Waals surface area (Å²) in [5.74, 6) is -0.902. The molecule has 0 aromatic rings. The van der Waals surface area contributed by atoms with Crippen LogP contribution in [-0.2, 0) is 9.53 Å². The van der Waals surface area contributed by atoms with Crippen LogP contribution < -0.4 is 5.32 Å². The van der Waals surface area contributed by atoms with Gasteiger partial charge in [0.05, 0.1) is 19.1 Å². The number of rotatable bonds is 7. The highest BCUT2D eigenvalue weighted by molar-refractivity contribution is 5.74. The predicted molar refractivity (Wildman–Crippen MR) is 75.7 cm³/mol. The van der Waals surface area contributed by atoms with E-state index in [1.54, 1.807) is 7.05 Å². The topological polar surface area (TPSA) is 78.9 Å². The van der Waals surface area contributed by atoms with E-state index in [-0.39, 0.29) is 19.0 Å². The Bertz CT molecular complexity index is 302. The van der Waals surface area contributed by atoms with Crippen LogP contribution in [-0.4, -0.2) is 54.9 Å². The van der Waals surface area contributed by atoms with Crippen molar-refractivity contribution in [3.05, 3.63) is 0 Å². The quantitative estimate of drug-likeness (QED) is 0.553. The fourth-order valence-electron chi connectivity index (χ4n) is 2.29. The van der Waals surface area contributed by atoms with E-state index < -0.39 is 5.97 Å². The summed E-state index contributed by atoms with van der Waals surface area (Å²) in [7, 11) is 1.59. The number of amides is 2. The van der Waals surface area contributed by atoms with Crippen LogP contribution in [0.15, 0.2) is 0 Å². The van der Waals surface area contributed by atoms with Gasteiger partial charge in [0.1, 0.15) is 0 Å². The second-order valence-corrected chi connectivity index (χ2v) is 5.28. The second-order valence-electron chi connectivity index (χ2n) is 5.28. The molecule has 2 N–H and O–H groups in total. The highest BCUT2D eigenvalue weighted by Crippen LogP contribution is 2.19. The Morgan fingerprint density at radius 2 is 1.90 bits per heavy atom. The van der Waals surface area contributed by atoms with Gasteiger partial charge in [-0.2, -0.15) is 0 Å². The molecule has 116 valence electrons. The molecule has 20 heavy (non-hydrogen) atoms. The first-order chi connectivity index (χ1) is 9.59. The summed E-state index contributed by atoms with van der Waals surface area (Å²) in [5, 5.41) is 11.3. The molecule has 0 aliphatic heterocycles. The number of nitrogens with one attached hydrogen (secondary N) is 1. The van der Waals surface area contributed by atoms with Crippen LogP contribution in [0.3, 0.4) is 0 Å². The van der Waals surface area contributed by atoms with Crippen molar-refractivity contribution in [3.63, 3.8) is 0 Å². The highest BCUT2D eigenvalue weighted by atomic mass is 16.5. The molecule has 6 nitrogen and oxygen atoms in total. The zero-order valence-corrected chi connectivity index (χ0v) is 12.3. The minimum Gasteiger partial charge on any atom is -0.481 e. The molecule has 0 radical (unpaired) electrons. The standard InChI is InChI=1S/C14H26N2O4/c1-16(10-8-13(17)18)14(19)15-9-11-20-12-6-4-2-3-5-7-12/h12H,2-11H2,1H3,(H,15,19)(H,17,18). The summed E-state index contributed by atoms with van der Waals surface area (Å²) < 4.78 is 5.76. The maximum absolute atomic E-state index is 11.6. The van der Waals surface area contributed by atoms with Crippen molar-refractivity contribution in [3.8, 4) is 0 Å². The SMILES string of the molecule is CN(CCC(=O)O)C(=O)NCCOC1CCCCCC1. The number of nitrogens with zero attached hydrogens (tertiary/aromatic N) is 1. The number of carbonyl (C=O) groups excluding carboxylic acids is 1. The molecule has 1 aliphatic rings. The van der Waals surface area contributed by atoms with Crippen LogP contribution >= 0.6 is 0 Å². The molecule has 1 saturated carbocycles. The summed E-state index contributed by atoms with van der Waals surface area (Å²) in [4.78, 5) is 23.4. The zero-order valence-electron chi connectivity index (χ0n) is 12.3. The Kier molecular flexibility index (Phi) is 8.02. The van der Waals surface area contributed by atoms with Gasteiger partial charge < -0.3 is 20.1 Å². The fraction of sp³-hybridized carbons (Fsp3) is 0.857. The smallest absolute Gasteiger partial charge is 0.317 e. The molecule has 1 aliphatic carbocycles. The molecular weight excluding hydrogens is 260 g/mol. The Hall–Kier alpha value is -1.30. The molecule has 0 atom stereocenters. The van der Waals surface area contributed by atoms with Crippen molar-refractivity contribution in [2.24, 2.45) is 0 Å². The minimum absolute atomic E-state index is 0.0392. The molecule has 6 heteroatoms. The predicted octanol–water partition coefficient (Wildman–Crippen LogP) is 1.84. The highest BCUT2D eigenvalue weighted by Gasteiger charge is 2.13. The number of carbonyl (C=O) groups is 2. The lowest BCUT2D eigenvalue weighted by Gasteiger charge is -2.18. The van der Waals surface area contributed by atoms with Gasteiger partial charge >= 0.3 is 12.0 Å². The third-order valence-electron chi connectivity index (χ3n) is 3.54. The molecule has 2 amide bonds.